The SMILES string of the molecule is CN1C(=O)S/C(=c2\s/c(=C\C=C3\N(CCO)c4ccccc4C34CCCCC4)c(=O)n2C)C1=S. The first-order valence-electron chi connectivity index (χ1n) is 11.5. The Bertz CT molecular complexity index is 1380. The minimum atomic E-state index is -0.129. The van der Waals surface area contributed by atoms with Gasteiger partial charge in [0.05, 0.1) is 16.0 Å². The van der Waals surface area contributed by atoms with Crippen molar-refractivity contribution in [2.45, 2.75) is 37.5 Å². The number of fused-ring (bicyclic) bond motifs is 2. The maximum Gasteiger partial charge on any atom is 0.291 e. The van der Waals surface area contributed by atoms with E-state index in [1.54, 1.807) is 18.7 Å². The van der Waals surface area contributed by atoms with Crippen LogP contribution in [0.15, 0.2) is 40.8 Å². The summed E-state index contributed by atoms with van der Waals surface area (Å²) in [6.45, 7) is 0.574. The summed E-state index contributed by atoms with van der Waals surface area (Å²) in [5.74, 6) is 0. The molecule has 1 saturated heterocycles. The van der Waals surface area contributed by atoms with E-state index in [1.165, 1.54) is 28.2 Å². The van der Waals surface area contributed by atoms with Crippen molar-refractivity contribution in [3.05, 3.63) is 61.2 Å². The predicted octanol–water partition coefficient (Wildman–Crippen LogP) is 3.06. The molecule has 2 fully saturated rings. The summed E-state index contributed by atoms with van der Waals surface area (Å²) in [4.78, 5) is 30.0. The van der Waals surface area contributed by atoms with E-state index < -0.39 is 0 Å². The first kappa shape index (κ1) is 23.5. The van der Waals surface area contributed by atoms with Gasteiger partial charge < -0.3 is 14.6 Å². The maximum absolute atomic E-state index is 13.1. The number of amides is 1. The monoisotopic (exact) mass is 513 g/mol. The van der Waals surface area contributed by atoms with Crippen molar-refractivity contribution in [1.29, 1.82) is 0 Å². The van der Waals surface area contributed by atoms with Crippen molar-refractivity contribution < 1.29 is 9.90 Å². The number of aliphatic hydroxyl groups excluding tert-OH is 1. The molecule has 1 aromatic heterocycles. The average molecular weight is 514 g/mol. The number of aliphatic hydroxyl groups is 1. The van der Waals surface area contributed by atoms with Crippen LogP contribution < -0.4 is 19.7 Å². The lowest BCUT2D eigenvalue weighted by molar-refractivity contribution is 0.250. The quantitative estimate of drug-likeness (QED) is 0.637. The summed E-state index contributed by atoms with van der Waals surface area (Å²) in [6.07, 6.45) is 9.69. The summed E-state index contributed by atoms with van der Waals surface area (Å²) in [5, 5.41) is 9.71. The van der Waals surface area contributed by atoms with Gasteiger partial charge in [-0.1, -0.05) is 49.7 Å². The highest BCUT2D eigenvalue weighted by Gasteiger charge is 2.46. The molecule has 1 N–H and O–H groups in total. The molecule has 1 aliphatic carbocycles. The van der Waals surface area contributed by atoms with Gasteiger partial charge in [-0.2, -0.15) is 0 Å². The third-order valence-electron chi connectivity index (χ3n) is 7.10. The number of rotatable bonds is 3. The number of carbonyl (C=O) groups is 1. The van der Waals surface area contributed by atoms with Gasteiger partial charge in [0.15, 0.2) is 0 Å². The second kappa shape index (κ2) is 9.11. The number of benzene rings is 1. The van der Waals surface area contributed by atoms with Crippen LogP contribution >= 0.6 is 35.3 Å². The van der Waals surface area contributed by atoms with Crippen LogP contribution in [0.1, 0.15) is 37.7 Å². The normalized spacial score (nSPS) is 23.0. The molecule has 178 valence electrons. The fourth-order valence-corrected chi connectivity index (χ4v) is 7.92. The van der Waals surface area contributed by atoms with E-state index in [4.69, 9.17) is 12.2 Å². The first-order chi connectivity index (χ1) is 16.4. The van der Waals surface area contributed by atoms with E-state index in [0.29, 0.717) is 25.6 Å². The minimum Gasteiger partial charge on any atom is -0.395 e. The molecular formula is C25H27N3O3S3. The van der Waals surface area contributed by atoms with Crippen LogP contribution in [0.4, 0.5) is 10.5 Å². The van der Waals surface area contributed by atoms with Gasteiger partial charge in [0, 0.05) is 37.4 Å². The zero-order valence-electron chi connectivity index (χ0n) is 19.2. The molecule has 3 aliphatic rings. The van der Waals surface area contributed by atoms with Crippen molar-refractivity contribution in [2.24, 2.45) is 7.05 Å². The first-order valence-corrected chi connectivity index (χ1v) is 13.5. The molecule has 2 aliphatic heterocycles. The van der Waals surface area contributed by atoms with E-state index in [0.717, 1.165) is 48.8 Å². The average Bonchev–Trinajstić information content (AvgIpc) is 3.37. The van der Waals surface area contributed by atoms with Crippen molar-refractivity contribution in [2.75, 3.05) is 25.1 Å². The van der Waals surface area contributed by atoms with Gasteiger partial charge in [0.25, 0.3) is 10.8 Å². The molecule has 1 saturated carbocycles. The second-order valence-corrected chi connectivity index (χ2v) is 11.3. The molecule has 0 radical (unpaired) electrons. The lowest BCUT2D eigenvalue weighted by Gasteiger charge is -2.37. The van der Waals surface area contributed by atoms with Gasteiger partial charge in [-0.05, 0) is 48.4 Å². The smallest absolute Gasteiger partial charge is 0.291 e. The van der Waals surface area contributed by atoms with E-state index in [9.17, 15) is 14.7 Å². The fourth-order valence-electron chi connectivity index (χ4n) is 5.41. The topological polar surface area (TPSA) is 65.8 Å². The number of thioether (sulfide) groups is 1. The summed E-state index contributed by atoms with van der Waals surface area (Å²) < 4.78 is 2.90. The number of β-amino-alcohol motifs (C(OH)–C–C–N with tert-alkyl or cyclic N) is 1. The van der Waals surface area contributed by atoms with Crippen molar-refractivity contribution in [3.63, 3.8) is 0 Å². The third-order valence-corrected chi connectivity index (χ3v) is 10.1. The second-order valence-electron chi connectivity index (χ2n) is 8.95. The van der Waals surface area contributed by atoms with Crippen LogP contribution in [0.2, 0.25) is 0 Å². The summed E-state index contributed by atoms with van der Waals surface area (Å²) in [5.41, 5.74) is 3.46. The Morgan fingerprint density at radius 1 is 1.12 bits per heavy atom. The summed E-state index contributed by atoms with van der Waals surface area (Å²) in [7, 11) is 3.38. The van der Waals surface area contributed by atoms with Gasteiger partial charge in [-0.25, -0.2) is 0 Å². The van der Waals surface area contributed by atoms with Crippen molar-refractivity contribution in [1.82, 2.24) is 9.47 Å². The third kappa shape index (κ3) is 3.61. The lowest BCUT2D eigenvalue weighted by atomic mass is 9.68. The van der Waals surface area contributed by atoms with E-state index in [-0.39, 0.29) is 22.8 Å². The van der Waals surface area contributed by atoms with Crippen LogP contribution in [-0.2, 0) is 12.5 Å². The molecular weight excluding hydrogens is 486 g/mol. The zero-order valence-corrected chi connectivity index (χ0v) is 21.7. The standard InChI is InChI=1S/C25H27N3O3S3/c1-26-21(30)18(33-23(26)20-22(32)27(2)24(31)34-20)10-11-19-25(12-6-3-7-13-25)16-8-4-5-9-17(16)28(19)14-15-29/h4-5,8-11,29H,3,6-7,12-15H2,1-2H3/b18-10-,19-11+,23-20-. The van der Waals surface area contributed by atoms with Crippen LogP contribution in [0.5, 0.6) is 0 Å². The molecule has 34 heavy (non-hydrogen) atoms. The van der Waals surface area contributed by atoms with E-state index in [2.05, 4.69) is 29.2 Å². The van der Waals surface area contributed by atoms with Gasteiger partial charge in [0.2, 0.25) is 0 Å². The fraction of sp³-hybridized carbons (Fsp3) is 0.400. The predicted molar refractivity (Wildman–Crippen MR) is 144 cm³/mol. The van der Waals surface area contributed by atoms with Gasteiger partial charge >= 0.3 is 0 Å². The highest BCUT2D eigenvalue weighted by molar-refractivity contribution is 8.24. The Kier molecular flexibility index (Phi) is 6.31. The highest BCUT2D eigenvalue weighted by Crippen LogP contribution is 2.55. The molecule has 0 bridgehead atoms. The summed E-state index contributed by atoms with van der Waals surface area (Å²) in [6, 6.07) is 8.49. The number of carbonyl (C=O) groups excluding carboxylic acids is 1. The van der Waals surface area contributed by atoms with Crippen LogP contribution in [0, 0.1) is 0 Å². The number of hydrogen-bond acceptors (Lipinski definition) is 7. The van der Waals surface area contributed by atoms with Crippen LogP contribution in [0.3, 0.4) is 0 Å². The molecule has 1 aromatic carbocycles. The van der Waals surface area contributed by atoms with Gasteiger partial charge in [-0.15, -0.1) is 11.3 Å². The van der Waals surface area contributed by atoms with Gasteiger partial charge in [0.1, 0.15) is 9.65 Å². The maximum atomic E-state index is 13.1. The zero-order chi connectivity index (χ0) is 24.0. The Balaban J connectivity index is 1.68. The number of anilines is 1. The molecule has 6 nitrogen and oxygen atoms in total. The lowest BCUT2D eigenvalue weighted by Crippen LogP contribution is -2.34. The minimum absolute atomic E-state index is 0.0568. The van der Waals surface area contributed by atoms with Crippen LogP contribution in [0.25, 0.3) is 11.0 Å². The molecule has 0 atom stereocenters. The number of thiocarbonyl (C=S) groups is 1. The number of para-hydroxylation sites is 1. The van der Waals surface area contributed by atoms with Crippen LogP contribution in [-0.4, -0.2) is 45.0 Å². The molecule has 2 aromatic rings. The largest absolute Gasteiger partial charge is 0.395 e. The number of hydrogen-bond donors (Lipinski definition) is 1. The highest BCUT2D eigenvalue weighted by atomic mass is 32.2. The Hall–Kier alpha value is -2.20. The molecule has 0 unspecified atom stereocenters. The molecule has 9 heteroatoms. The van der Waals surface area contributed by atoms with E-state index >= 15 is 0 Å². The van der Waals surface area contributed by atoms with Crippen molar-refractivity contribution >= 4 is 62.2 Å². The number of allylic oxidation sites excluding steroid dienone is 2. The Morgan fingerprint density at radius 3 is 2.53 bits per heavy atom. The number of thiazole rings is 1. The summed E-state index contributed by atoms with van der Waals surface area (Å²) >= 11 is 7.88. The molecule has 1 spiro atoms. The van der Waals surface area contributed by atoms with E-state index in [1.807, 2.05) is 12.1 Å². The number of aromatic nitrogens is 1. The number of nitrogens with zero attached hydrogens (tertiary/aromatic N) is 3. The van der Waals surface area contributed by atoms with Crippen molar-refractivity contribution in [3.8, 4) is 0 Å². The van der Waals surface area contributed by atoms with Gasteiger partial charge in [-0.3, -0.25) is 14.5 Å². The Morgan fingerprint density at radius 2 is 1.85 bits per heavy atom. The molecule has 5 rings (SSSR count). The Labute approximate surface area is 211 Å². The molecule has 1 amide bonds. The molecule has 3 heterocycles.